The van der Waals surface area contributed by atoms with E-state index in [2.05, 4.69) is 50.9 Å². The largest absolute Gasteiger partial charge is 0.495 e. The standard InChI is InChI=1S/C32H29ClN4O2/c1-21-10-16-29(24-8-6-5-7-9-24)37(21)28-14-11-25(12-15-28)32(38)35-34-20-26-18-22(2)36(23(26)3)30-19-27(33)13-17-31(30)39-4/h5-20H,1-4H3,(H,35,38)/b34-20+. The van der Waals surface area contributed by atoms with Gasteiger partial charge in [-0.15, -0.1) is 0 Å². The monoisotopic (exact) mass is 536 g/mol. The highest BCUT2D eigenvalue weighted by molar-refractivity contribution is 6.30. The van der Waals surface area contributed by atoms with Crippen molar-refractivity contribution >= 4 is 23.7 Å². The normalized spacial score (nSPS) is 11.2. The molecular weight excluding hydrogens is 508 g/mol. The second kappa shape index (κ2) is 11.1. The van der Waals surface area contributed by atoms with E-state index < -0.39 is 0 Å². The molecule has 196 valence electrons. The van der Waals surface area contributed by atoms with E-state index in [4.69, 9.17) is 16.3 Å². The fourth-order valence-electron chi connectivity index (χ4n) is 4.83. The lowest BCUT2D eigenvalue weighted by molar-refractivity contribution is 0.0955. The Labute approximate surface area is 233 Å². The fraction of sp³-hybridized carbons (Fsp3) is 0.125. The number of aryl methyl sites for hydroxylation is 2. The Bertz CT molecular complexity index is 1660. The molecule has 1 N–H and O–H groups in total. The number of nitrogens with zero attached hydrogens (tertiary/aromatic N) is 3. The number of halogens is 1. The first-order valence-corrected chi connectivity index (χ1v) is 13.0. The molecule has 0 fully saturated rings. The molecule has 6 nitrogen and oxygen atoms in total. The first-order chi connectivity index (χ1) is 18.9. The smallest absolute Gasteiger partial charge is 0.271 e. The van der Waals surface area contributed by atoms with Gasteiger partial charge in [-0.2, -0.15) is 5.10 Å². The summed E-state index contributed by atoms with van der Waals surface area (Å²) >= 11 is 6.25. The van der Waals surface area contributed by atoms with Gasteiger partial charge < -0.3 is 13.9 Å². The summed E-state index contributed by atoms with van der Waals surface area (Å²) in [6.07, 6.45) is 1.65. The maximum Gasteiger partial charge on any atom is 0.271 e. The average molecular weight is 537 g/mol. The molecule has 0 saturated carbocycles. The Hall–Kier alpha value is -4.55. The van der Waals surface area contributed by atoms with Crippen LogP contribution in [0.5, 0.6) is 5.75 Å². The van der Waals surface area contributed by atoms with E-state index in [1.807, 2.05) is 74.5 Å². The van der Waals surface area contributed by atoms with Gasteiger partial charge in [-0.25, -0.2) is 5.43 Å². The van der Waals surface area contributed by atoms with Gasteiger partial charge in [0.25, 0.3) is 5.91 Å². The van der Waals surface area contributed by atoms with Gasteiger partial charge >= 0.3 is 0 Å². The molecule has 0 aliphatic rings. The third-order valence-electron chi connectivity index (χ3n) is 6.76. The van der Waals surface area contributed by atoms with E-state index in [1.54, 1.807) is 19.4 Å². The molecule has 0 spiro atoms. The molecule has 5 aromatic rings. The van der Waals surface area contributed by atoms with E-state index in [0.717, 1.165) is 45.3 Å². The highest BCUT2D eigenvalue weighted by Gasteiger charge is 2.15. The van der Waals surface area contributed by atoms with Crippen LogP contribution in [-0.2, 0) is 0 Å². The number of methoxy groups -OCH3 is 1. The molecule has 2 aromatic heterocycles. The molecule has 0 bridgehead atoms. The predicted molar refractivity (Wildman–Crippen MR) is 158 cm³/mol. The summed E-state index contributed by atoms with van der Waals surface area (Å²) in [6, 6.07) is 29.5. The molecule has 5 rings (SSSR count). The van der Waals surface area contributed by atoms with Crippen molar-refractivity contribution in [1.82, 2.24) is 14.6 Å². The number of ether oxygens (including phenoxy) is 1. The quantitative estimate of drug-likeness (QED) is 0.175. The summed E-state index contributed by atoms with van der Waals surface area (Å²) in [5, 5.41) is 4.85. The van der Waals surface area contributed by atoms with Gasteiger partial charge in [0.1, 0.15) is 5.75 Å². The van der Waals surface area contributed by atoms with Crippen LogP contribution in [0.15, 0.2) is 96.1 Å². The molecule has 0 aliphatic carbocycles. The van der Waals surface area contributed by atoms with E-state index in [-0.39, 0.29) is 5.91 Å². The lowest BCUT2D eigenvalue weighted by atomic mass is 10.1. The van der Waals surface area contributed by atoms with Crippen LogP contribution < -0.4 is 10.2 Å². The summed E-state index contributed by atoms with van der Waals surface area (Å²) < 4.78 is 9.77. The SMILES string of the molecule is COc1ccc(Cl)cc1-n1c(C)cc(/C=N/NC(=O)c2ccc(-n3c(C)ccc3-c3ccccc3)cc2)c1C. The fourth-order valence-corrected chi connectivity index (χ4v) is 5.00. The first-order valence-electron chi connectivity index (χ1n) is 12.6. The number of hydrazone groups is 1. The summed E-state index contributed by atoms with van der Waals surface area (Å²) in [5.74, 6) is 0.433. The minimum Gasteiger partial charge on any atom is -0.495 e. The number of amides is 1. The van der Waals surface area contributed by atoms with Gasteiger partial charge in [0.2, 0.25) is 0 Å². The number of hydrogen-bond acceptors (Lipinski definition) is 3. The zero-order valence-corrected chi connectivity index (χ0v) is 23.0. The van der Waals surface area contributed by atoms with Crippen molar-refractivity contribution in [3.05, 3.63) is 124 Å². The molecule has 0 unspecified atom stereocenters. The van der Waals surface area contributed by atoms with Crippen molar-refractivity contribution in [3.8, 4) is 28.4 Å². The van der Waals surface area contributed by atoms with Crippen LogP contribution in [0.1, 0.15) is 33.0 Å². The minimum absolute atomic E-state index is 0.282. The lowest BCUT2D eigenvalue weighted by Gasteiger charge is -2.14. The molecular formula is C32H29ClN4O2. The zero-order valence-electron chi connectivity index (χ0n) is 22.3. The molecule has 0 aliphatic heterocycles. The van der Waals surface area contributed by atoms with Crippen LogP contribution in [-0.4, -0.2) is 28.4 Å². The van der Waals surface area contributed by atoms with Crippen molar-refractivity contribution in [1.29, 1.82) is 0 Å². The summed E-state index contributed by atoms with van der Waals surface area (Å²) in [5.41, 5.74) is 11.2. The summed E-state index contributed by atoms with van der Waals surface area (Å²) in [7, 11) is 1.63. The van der Waals surface area contributed by atoms with Gasteiger partial charge in [-0.1, -0.05) is 41.9 Å². The molecule has 2 heterocycles. The van der Waals surface area contributed by atoms with E-state index >= 15 is 0 Å². The van der Waals surface area contributed by atoms with Crippen LogP contribution in [0.2, 0.25) is 5.02 Å². The second-order valence-electron chi connectivity index (χ2n) is 9.29. The Morgan fingerprint density at radius 1 is 0.872 bits per heavy atom. The van der Waals surface area contributed by atoms with Crippen LogP contribution in [0, 0.1) is 20.8 Å². The molecule has 39 heavy (non-hydrogen) atoms. The highest BCUT2D eigenvalue weighted by Crippen LogP contribution is 2.30. The van der Waals surface area contributed by atoms with Crippen molar-refractivity contribution in [2.24, 2.45) is 5.10 Å². The van der Waals surface area contributed by atoms with E-state index in [1.165, 1.54) is 0 Å². The maximum absolute atomic E-state index is 12.8. The van der Waals surface area contributed by atoms with Crippen molar-refractivity contribution in [2.45, 2.75) is 20.8 Å². The zero-order chi connectivity index (χ0) is 27.5. The molecule has 0 saturated heterocycles. The summed E-state index contributed by atoms with van der Waals surface area (Å²) in [6.45, 7) is 6.06. The van der Waals surface area contributed by atoms with Crippen LogP contribution in [0.3, 0.4) is 0 Å². The topological polar surface area (TPSA) is 60.5 Å². The summed E-state index contributed by atoms with van der Waals surface area (Å²) in [4.78, 5) is 12.8. The number of aromatic nitrogens is 2. The number of hydrogen-bond donors (Lipinski definition) is 1. The molecule has 0 radical (unpaired) electrons. The van der Waals surface area contributed by atoms with Crippen LogP contribution in [0.25, 0.3) is 22.6 Å². The van der Waals surface area contributed by atoms with Crippen molar-refractivity contribution in [3.63, 3.8) is 0 Å². The van der Waals surface area contributed by atoms with Crippen LogP contribution in [0.4, 0.5) is 0 Å². The molecule has 0 atom stereocenters. The predicted octanol–water partition coefficient (Wildman–Crippen LogP) is 7.29. The van der Waals surface area contributed by atoms with Crippen molar-refractivity contribution in [2.75, 3.05) is 7.11 Å². The van der Waals surface area contributed by atoms with Gasteiger partial charge in [-0.3, -0.25) is 4.79 Å². The Kier molecular flexibility index (Phi) is 7.39. The van der Waals surface area contributed by atoms with Gasteiger partial charge in [-0.05, 0) is 87.0 Å². The molecule has 1 amide bonds. The van der Waals surface area contributed by atoms with Gasteiger partial charge in [0.15, 0.2) is 0 Å². The first kappa shape index (κ1) is 26.1. The Morgan fingerprint density at radius 3 is 2.33 bits per heavy atom. The number of benzene rings is 3. The number of carbonyl (C=O) groups is 1. The van der Waals surface area contributed by atoms with Gasteiger partial charge in [0, 0.05) is 38.9 Å². The number of carbonyl (C=O) groups excluding carboxylic acids is 1. The number of rotatable bonds is 7. The van der Waals surface area contributed by atoms with Crippen molar-refractivity contribution < 1.29 is 9.53 Å². The average Bonchev–Trinajstić information content (AvgIpc) is 3.47. The molecule has 3 aromatic carbocycles. The third-order valence-corrected chi connectivity index (χ3v) is 6.99. The van der Waals surface area contributed by atoms with Crippen LogP contribution >= 0.6 is 11.6 Å². The maximum atomic E-state index is 12.8. The van der Waals surface area contributed by atoms with Gasteiger partial charge in [0.05, 0.1) is 24.7 Å². The lowest BCUT2D eigenvalue weighted by Crippen LogP contribution is -2.17. The third kappa shape index (κ3) is 5.24. The number of nitrogens with one attached hydrogen (secondary N) is 1. The Balaban J connectivity index is 1.32. The Morgan fingerprint density at radius 2 is 1.62 bits per heavy atom. The van der Waals surface area contributed by atoms with E-state index in [0.29, 0.717) is 16.3 Å². The molecule has 7 heteroatoms. The van der Waals surface area contributed by atoms with E-state index in [9.17, 15) is 4.79 Å². The highest BCUT2D eigenvalue weighted by atomic mass is 35.5. The minimum atomic E-state index is -0.282. The second-order valence-corrected chi connectivity index (χ2v) is 9.72.